The van der Waals surface area contributed by atoms with E-state index >= 15 is 0 Å². The predicted octanol–water partition coefficient (Wildman–Crippen LogP) is 0.921. The van der Waals surface area contributed by atoms with Crippen LogP contribution in [0.4, 0.5) is 8.78 Å². The van der Waals surface area contributed by atoms with E-state index in [0.29, 0.717) is 6.07 Å². The molecule has 0 amide bonds. The largest absolute Gasteiger partial charge is 0.238 e. The Morgan fingerprint density at radius 2 is 1.69 bits per heavy atom. The van der Waals surface area contributed by atoms with E-state index in [1.165, 1.54) is 6.92 Å². The minimum atomic E-state index is -3.98. The summed E-state index contributed by atoms with van der Waals surface area (Å²) in [6.45, 7) is 1.34. The zero-order chi connectivity index (χ0) is 10.2. The van der Waals surface area contributed by atoms with Gasteiger partial charge in [-0.05, 0) is 24.6 Å². The van der Waals surface area contributed by atoms with Gasteiger partial charge >= 0.3 is 0 Å². The van der Waals surface area contributed by atoms with Crippen molar-refractivity contribution in [2.24, 2.45) is 5.14 Å². The fourth-order valence-corrected chi connectivity index (χ4v) is 1.71. The number of hydrogen-bond acceptors (Lipinski definition) is 2. The van der Waals surface area contributed by atoms with Gasteiger partial charge in [-0.1, -0.05) is 0 Å². The molecule has 6 heteroatoms. The second-order valence-electron chi connectivity index (χ2n) is 2.58. The predicted molar refractivity (Wildman–Crippen MR) is 42.5 cm³/mol. The average molecular weight is 207 g/mol. The molecule has 0 saturated heterocycles. The lowest BCUT2D eigenvalue weighted by atomic mass is 10.2. The highest BCUT2D eigenvalue weighted by atomic mass is 32.2. The molecule has 13 heavy (non-hydrogen) atoms. The van der Waals surface area contributed by atoms with Gasteiger partial charge in [0.15, 0.2) is 11.6 Å². The Kier molecular flexibility index (Phi) is 2.36. The lowest BCUT2D eigenvalue weighted by Gasteiger charge is -2.03. The van der Waals surface area contributed by atoms with E-state index in [-0.39, 0.29) is 5.56 Å². The number of halogens is 2. The molecule has 1 aromatic rings. The maximum absolute atomic E-state index is 12.6. The first-order valence-corrected chi connectivity index (χ1v) is 4.85. The van der Waals surface area contributed by atoms with Gasteiger partial charge < -0.3 is 0 Å². The third kappa shape index (κ3) is 2.02. The quantitative estimate of drug-likeness (QED) is 0.744. The summed E-state index contributed by atoms with van der Waals surface area (Å²) < 4.78 is 46.7. The Morgan fingerprint density at radius 3 is 2.15 bits per heavy atom. The molecule has 0 radical (unpaired) electrons. The van der Waals surface area contributed by atoms with Crippen LogP contribution in [0.1, 0.15) is 5.56 Å². The van der Waals surface area contributed by atoms with Gasteiger partial charge in [0.05, 0.1) is 4.90 Å². The van der Waals surface area contributed by atoms with Crippen molar-refractivity contribution in [2.75, 3.05) is 0 Å². The fourth-order valence-electron chi connectivity index (χ4n) is 0.935. The Balaban J connectivity index is 3.50. The number of benzene rings is 1. The molecule has 0 atom stereocenters. The summed E-state index contributed by atoms with van der Waals surface area (Å²) in [4.78, 5) is -0.397. The van der Waals surface area contributed by atoms with Crippen LogP contribution in [0.5, 0.6) is 0 Å². The van der Waals surface area contributed by atoms with Crippen molar-refractivity contribution < 1.29 is 17.2 Å². The summed E-state index contributed by atoms with van der Waals surface area (Å²) in [6, 6.07) is 1.36. The monoisotopic (exact) mass is 207 g/mol. The summed E-state index contributed by atoms with van der Waals surface area (Å²) >= 11 is 0. The molecular weight excluding hydrogens is 200 g/mol. The van der Waals surface area contributed by atoms with Gasteiger partial charge in [0, 0.05) is 0 Å². The highest BCUT2D eigenvalue weighted by Crippen LogP contribution is 2.17. The zero-order valence-electron chi connectivity index (χ0n) is 6.71. The van der Waals surface area contributed by atoms with E-state index in [9.17, 15) is 17.2 Å². The number of hydrogen-bond donors (Lipinski definition) is 1. The number of nitrogens with two attached hydrogens (primary N) is 1. The molecule has 0 unspecified atom stereocenters. The number of primary sulfonamides is 1. The highest BCUT2D eigenvalue weighted by molar-refractivity contribution is 7.89. The molecule has 0 saturated carbocycles. The Morgan fingerprint density at radius 1 is 1.23 bits per heavy atom. The molecule has 2 N–H and O–H groups in total. The topological polar surface area (TPSA) is 60.2 Å². The summed E-state index contributed by atoms with van der Waals surface area (Å²) in [5, 5.41) is 4.76. The SMILES string of the molecule is Cc1cc(F)c(F)cc1S(N)(=O)=O. The third-order valence-corrected chi connectivity index (χ3v) is 2.58. The van der Waals surface area contributed by atoms with E-state index in [4.69, 9.17) is 5.14 Å². The first-order chi connectivity index (χ1) is 5.82. The summed E-state index contributed by atoms with van der Waals surface area (Å²) in [7, 11) is -3.98. The van der Waals surface area contributed by atoms with Gasteiger partial charge in [-0.2, -0.15) is 0 Å². The van der Waals surface area contributed by atoms with Crippen molar-refractivity contribution in [1.29, 1.82) is 0 Å². The van der Waals surface area contributed by atoms with Crippen LogP contribution in [0.2, 0.25) is 0 Å². The summed E-state index contributed by atoms with van der Waals surface area (Å²) in [5.74, 6) is -2.32. The summed E-state index contributed by atoms with van der Waals surface area (Å²) in [6.07, 6.45) is 0. The fraction of sp³-hybridized carbons (Fsp3) is 0.143. The van der Waals surface area contributed by atoms with E-state index < -0.39 is 26.6 Å². The van der Waals surface area contributed by atoms with Crippen LogP contribution in [0, 0.1) is 18.6 Å². The Hall–Kier alpha value is -1.01. The van der Waals surface area contributed by atoms with Crippen molar-refractivity contribution in [3.63, 3.8) is 0 Å². The zero-order valence-corrected chi connectivity index (χ0v) is 7.53. The lowest BCUT2D eigenvalue weighted by molar-refractivity contribution is 0.503. The van der Waals surface area contributed by atoms with E-state index in [1.54, 1.807) is 0 Å². The Labute approximate surface area is 74.2 Å². The molecular formula is C7H7F2NO2S. The third-order valence-electron chi connectivity index (χ3n) is 1.52. The van der Waals surface area contributed by atoms with Gasteiger partial charge in [-0.15, -0.1) is 0 Å². The minimum absolute atomic E-state index is 0.0846. The molecule has 0 bridgehead atoms. The van der Waals surface area contributed by atoms with Gasteiger partial charge in [-0.3, -0.25) is 0 Å². The molecule has 0 fully saturated rings. The average Bonchev–Trinajstić information content (AvgIpc) is 1.94. The van der Waals surface area contributed by atoms with Gasteiger partial charge in [0.25, 0.3) is 0 Å². The van der Waals surface area contributed by atoms with E-state index in [1.807, 2.05) is 0 Å². The molecule has 0 aliphatic rings. The van der Waals surface area contributed by atoms with Crippen LogP contribution in [0.3, 0.4) is 0 Å². The van der Waals surface area contributed by atoms with Crippen LogP contribution in [-0.2, 0) is 10.0 Å². The van der Waals surface area contributed by atoms with Crippen LogP contribution < -0.4 is 5.14 Å². The first kappa shape index (κ1) is 10.1. The standard InChI is InChI=1S/C7H7F2NO2S/c1-4-2-5(8)6(9)3-7(4)13(10,11)12/h2-3H,1H3,(H2,10,11,12). The maximum Gasteiger partial charge on any atom is 0.238 e. The number of aryl methyl sites for hydroxylation is 1. The molecule has 0 aromatic heterocycles. The number of rotatable bonds is 1. The van der Waals surface area contributed by atoms with Crippen LogP contribution in [0.15, 0.2) is 17.0 Å². The maximum atomic E-state index is 12.6. The molecule has 0 aliphatic heterocycles. The van der Waals surface area contributed by atoms with E-state index in [0.717, 1.165) is 6.07 Å². The van der Waals surface area contributed by atoms with Crippen molar-refractivity contribution in [1.82, 2.24) is 0 Å². The molecule has 3 nitrogen and oxygen atoms in total. The van der Waals surface area contributed by atoms with E-state index in [2.05, 4.69) is 0 Å². The summed E-state index contributed by atoms with van der Waals surface area (Å²) in [5.41, 5.74) is 0.0846. The van der Waals surface area contributed by atoms with Crippen molar-refractivity contribution in [2.45, 2.75) is 11.8 Å². The molecule has 72 valence electrons. The lowest BCUT2D eigenvalue weighted by Crippen LogP contribution is -2.14. The van der Waals surface area contributed by atoms with Crippen molar-refractivity contribution in [3.05, 3.63) is 29.3 Å². The second-order valence-corrected chi connectivity index (χ2v) is 4.11. The first-order valence-electron chi connectivity index (χ1n) is 3.31. The van der Waals surface area contributed by atoms with Crippen molar-refractivity contribution >= 4 is 10.0 Å². The number of sulfonamides is 1. The molecule has 1 rings (SSSR count). The second kappa shape index (κ2) is 3.04. The van der Waals surface area contributed by atoms with Gasteiger partial charge in [0.1, 0.15) is 0 Å². The highest BCUT2D eigenvalue weighted by Gasteiger charge is 2.15. The molecule has 0 aliphatic carbocycles. The molecule has 0 heterocycles. The smallest absolute Gasteiger partial charge is 0.225 e. The normalized spacial score (nSPS) is 11.7. The molecule has 1 aromatic carbocycles. The molecule has 0 spiro atoms. The van der Waals surface area contributed by atoms with Crippen LogP contribution in [0.25, 0.3) is 0 Å². The Bertz CT molecular complexity index is 442. The minimum Gasteiger partial charge on any atom is -0.225 e. The van der Waals surface area contributed by atoms with Gasteiger partial charge in [0.2, 0.25) is 10.0 Å². The van der Waals surface area contributed by atoms with Crippen LogP contribution in [-0.4, -0.2) is 8.42 Å². The van der Waals surface area contributed by atoms with Crippen molar-refractivity contribution in [3.8, 4) is 0 Å². The van der Waals surface area contributed by atoms with Crippen LogP contribution >= 0.6 is 0 Å². The van der Waals surface area contributed by atoms with Gasteiger partial charge in [-0.25, -0.2) is 22.3 Å².